The molecule has 0 radical (unpaired) electrons. The minimum Gasteiger partial charge on any atom is -0.494 e. The molecule has 3 saturated heterocycles. The van der Waals surface area contributed by atoms with Gasteiger partial charge < -0.3 is 29.3 Å². The molecular weight excluding hydrogens is 582 g/mol. The second-order valence-electron chi connectivity index (χ2n) is 13.2. The highest BCUT2D eigenvalue weighted by atomic mass is 16.5. The number of likely N-dealkylation sites (tertiary alicyclic amines) is 1. The van der Waals surface area contributed by atoms with E-state index in [1.54, 1.807) is 26.9 Å². The van der Waals surface area contributed by atoms with Crippen molar-refractivity contribution in [1.82, 2.24) is 9.80 Å². The minimum absolute atomic E-state index is 0.0694. The number of unbranched alkanes of at least 4 members (excludes halogenated alkanes) is 2. The number of anilines is 1. The SMILES string of the molecule is C=CCN(CCCCC)C(=O)C1N([C@@H](CO)[C@@H](C)CC)C(=O)[C@@H]2[C@@H](C(=O)N(CC=C)c3ccc(OCC)cc3)[C@@]3(CC)CCC12O3. The van der Waals surface area contributed by atoms with Gasteiger partial charge in [0, 0.05) is 25.3 Å². The summed E-state index contributed by atoms with van der Waals surface area (Å²) >= 11 is 0. The highest BCUT2D eigenvalue weighted by molar-refractivity contribution is 6.03. The van der Waals surface area contributed by atoms with Gasteiger partial charge in [0.25, 0.3) is 0 Å². The zero-order valence-corrected chi connectivity index (χ0v) is 28.6. The minimum atomic E-state index is -1.17. The van der Waals surface area contributed by atoms with Gasteiger partial charge in [0.05, 0.1) is 36.7 Å². The number of aliphatic hydroxyl groups is 1. The van der Waals surface area contributed by atoms with Crippen LogP contribution in [0.2, 0.25) is 0 Å². The van der Waals surface area contributed by atoms with Crippen LogP contribution in [0, 0.1) is 17.8 Å². The summed E-state index contributed by atoms with van der Waals surface area (Å²) in [6, 6.07) is 5.83. The molecule has 1 spiro atoms. The molecule has 3 amide bonds. The van der Waals surface area contributed by atoms with Gasteiger partial charge in [-0.15, -0.1) is 13.2 Å². The average molecular weight is 638 g/mol. The van der Waals surface area contributed by atoms with Gasteiger partial charge in [-0.2, -0.15) is 0 Å². The molecule has 1 aromatic carbocycles. The third-order valence-corrected chi connectivity index (χ3v) is 10.7. The van der Waals surface area contributed by atoms with Crippen molar-refractivity contribution in [1.29, 1.82) is 0 Å². The number of amides is 3. The van der Waals surface area contributed by atoms with E-state index in [2.05, 4.69) is 20.1 Å². The van der Waals surface area contributed by atoms with Crippen molar-refractivity contribution >= 4 is 23.4 Å². The lowest BCUT2D eigenvalue weighted by atomic mass is 9.64. The van der Waals surface area contributed by atoms with E-state index < -0.39 is 35.1 Å². The highest BCUT2D eigenvalue weighted by Gasteiger charge is 2.79. The Morgan fingerprint density at radius 1 is 1.09 bits per heavy atom. The van der Waals surface area contributed by atoms with Crippen LogP contribution in [0.5, 0.6) is 5.75 Å². The monoisotopic (exact) mass is 637 g/mol. The van der Waals surface area contributed by atoms with Gasteiger partial charge in [0.15, 0.2) is 0 Å². The van der Waals surface area contributed by atoms with Gasteiger partial charge in [-0.3, -0.25) is 14.4 Å². The maximum Gasteiger partial charge on any atom is 0.248 e. The van der Waals surface area contributed by atoms with Crippen LogP contribution in [0.25, 0.3) is 0 Å². The Kier molecular flexibility index (Phi) is 11.8. The zero-order valence-electron chi connectivity index (χ0n) is 28.6. The summed E-state index contributed by atoms with van der Waals surface area (Å²) in [4.78, 5) is 49.6. The van der Waals surface area contributed by atoms with E-state index in [-0.39, 0.29) is 36.8 Å². The van der Waals surface area contributed by atoms with E-state index in [0.29, 0.717) is 56.8 Å². The maximum absolute atomic E-state index is 14.9. The number of aliphatic hydroxyl groups excluding tert-OH is 1. The first-order valence-electron chi connectivity index (χ1n) is 17.3. The summed E-state index contributed by atoms with van der Waals surface area (Å²) < 4.78 is 12.7. The second kappa shape index (κ2) is 15.2. The summed E-state index contributed by atoms with van der Waals surface area (Å²) in [7, 11) is 0. The van der Waals surface area contributed by atoms with Crippen molar-refractivity contribution in [2.45, 2.75) is 103 Å². The lowest BCUT2D eigenvalue weighted by Gasteiger charge is -2.41. The van der Waals surface area contributed by atoms with Crippen LogP contribution in [-0.4, -0.2) is 88.8 Å². The number of nitrogens with zero attached hydrogens (tertiary/aromatic N) is 3. The van der Waals surface area contributed by atoms with E-state index in [1.165, 1.54) is 0 Å². The summed E-state index contributed by atoms with van der Waals surface area (Å²) in [6.07, 6.45) is 8.53. The van der Waals surface area contributed by atoms with Gasteiger partial charge in [-0.1, -0.05) is 59.1 Å². The molecule has 2 bridgehead atoms. The Hall–Kier alpha value is -3.17. The van der Waals surface area contributed by atoms with Crippen molar-refractivity contribution in [2.24, 2.45) is 17.8 Å². The molecule has 0 saturated carbocycles. The third kappa shape index (κ3) is 6.13. The van der Waals surface area contributed by atoms with Crippen LogP contribution in [-0.2, 0) is 19.1 Å². The molecule has 254 valence electrons. The highest BCUT2D eigenvalue weighted by Crippen LogP contribution is 2.65. The van der Waals surface area contributed by atoms with Gasteiger partial charge >= 0.3 is 0 Å². The molecule has 3 aliphatic rings. The Balaban J connectivity index is 1.83. The van der Waals surface area contributed by atoms with Gasteiger partial charge in [-0.05, 0) is 62.8 Å². The van der Waals surface area contributed by atoms with Gasteiger partial charge in [0.2, 0.25) is 17.7 Å². The average Bonchev–Trinajstić information content (AvgIpc) is 3.67. The van der Waals surface area contributed by atoms with Crippen LogP contribution >= 0.6 is 0 Å². The molecule has 46 heavy (non-hydrogen) atoms. The van der Waals surface area contributed by atoms with E-state index in [9.17, 15) is 19.5 Å². The van der Waals surface area contributed by atoms with Crippen molar-refractivity contribution in [2.75, 3.05) is 37.7 Å². The predicted molar refractivity (Wildman–Crippen MR) is 180 cm³/mol. The lowest BCUT2D eigenvalue weighted by molar-refractivity contribution is -0.157. The summed E-state index contributed by atoms with van der Waals surface area (Å²) in [5, 5.41) is 10.7. The lowest BCUT2D eigenvalue weighted by Crippen LogP contribution is -2.60. The van der Waals surface area contributed by atoms with Crippen LogP contribution < -0.4 is 9.64 Å². The van der Waals surface area contributed by atoms with Crippen molar-refractivity contribution in [3.63, 3.8) is 0 Å². The fourth-order valence-electron chi connectivity index (χ4n) is 8.16. The first kappa shape index (κ1) is 35.7. The second-order valence-corrected chi connectivity index (χ2v) is 13.2. The van der Waals surface area contributed by atoms with E-state index in [4.69, 9.17) is 9.47 Å². The predicted octanol–water partition coefficient (Wildman–Crippen LogP) is 5.37. The number of carbonyl (C=O) groups is 3. The molecular formula is C37H55N3O6. The van der Waals surface area contributed by atoms with Crippen molar-refractivity contribution < 1.29 is 29.0 Å². The van der Waals surface area contributed by atoms with Crippen LogP contribution in [0.15, 0.2) is 49.6 Å². The Bertz CT molecular complexity index is 1250. The fourth-order valence-corrected chi connectivity index (χ4v) is 8.16. The number of carbonyl (C=O) groups excluding carboxylic acids is 3. The maximum atomic E-state index is 14.9. The molecule has 0 aromatic heterocycles. The zero-order chi connectivity index (χ0) is 33.6. The number of fused-ring (bicyclic) bond motifs is 1. The Morgan fingerprint density at radius 2 is 1.78 bits per heavy atom. The van der Waals surface area contributed by atoms with Crippen LogP contribution in [0.4, 0.5) is 5.69 Å². The normalized spacial score (nSPS) is 27.7. The molecule has 0 aliphatic carbocycles. The quantitative estimate of drug-likeness (QED) is 0.172. The Morgan fingerprint density at radius 3 is 2.35 bits per heavy atom. The van der Waals surface area contributed by atoms with Gasteiger partial charge in [-0.25, -0.2) is 0 Å². The van der Waals surface area contributed by atoms with Gasteiger partial charge in [0.1, 0.15) is 17.4 Å². The number of rotatable bonds is 18. The summed E-state index contributed by atoms with van der Waals surface area (Å²) in [5.41, 5.74) is -1.38. The fraction of sp³-hybridized carbons (Fsp3) is 0.649. The standard InChI is InChI=1S/C37H55N3O6/c1-8-14-15-24-38(22-9-2)35(44)32-37-21-20-36(12-5,46-37)30(31(37)34(43)40(32)29(25-41)26(7)11-4)33(42)39(23-10-3)27-16-18-28(19-17-27)45-13-6/h9-10,16-19,26,29-32,41H,2-3,8,11-15,20-25H2,1,4-7H3/t26-,29-,30-,31-,32?,36+,37?/m0/s1. The topological polar surface area (TPSA) is 99.6 Å². The van der Waals surface area contributed by atoms with E-state index in [1.807, 2.05) is 52.0 Å². The third-order valence-electron chi connectivity index (χ3n) is 10.7. The molecule has 9 nitrogen and oxygen atoms in total. The number of ether oxygens (including phenoxy) is 2. The Labute approximate surface area is 275 Å². The molecule has 2 unspecified atom stereocenters. The smallest absolute Gasteiger partial charge is 0.248 e. The number of hydrogen-bond acceptors (Lipinski definition) is 6. The molecule has 3 aliphatic heterocycles. The number of benzene rings is 1. The summed E-state index contributed by atoms with van der Waals surface area (Å²) in [6.45, 7) is 19.3. The molecule has 3 heterocycles. The van der Waals surface area contributed by atoms with Crippen LogP contribution in [0.1, 0.15) is 79.6 Å². The molecule has 9 heteroatoms. The first-order valence-corrected chi connectivity index (χ1v) is 17.3. The van der Waals surface area contributed by atoms with Crippen molar-refractivity contribution in [3.05, 3.63) is 49.6 Å². The molecule has 1 N–H and O–H groups in total. The van der Waals surface area contributed by atoms with Crippen LogP contribution in [0.3, 0.4) is 0 Å². The summed E-state index contributed by atoms with van der Waals surface area (Å²) in [5.74, 6) is -1.69. The van der Waals surface area contributed by atoms with E-state index >= 15 is 0 Å². The van der Waals surface area contributed by atoms with E-state index in [0.717, 1.165) is 19.3 Å². The molecule has 4 rings (SSSR count). The molecule has 3 fully saturated rings. The van der Waals surface area contributed by atoms with Crippen molar-refractivity contribution in [3.8, 4) is 5.75 Å². The largest absolute Gasteiger partial charge is 0.494 e. The first-order chi connectivity index (χ1) is 22.1. The number of hydrogen-bond donors (Lipinski definition) is 1. The molecule has 1 aromatic rings. The molecule has 7 atom stereocenters.